The van der Waals surface area contributed by atoms with Gasteiger partial charge < -0.3 is 25.2 Å². The summed E-state index contributed by atoms with van der Waals surface area (Å²) in [5.41, 5.74) is 7.91. The van der Waals surface area contributed by atoms with Gasteiger partial charge in [0.05, 0.1) is 17.1 Å². The SMILES string of the molecule is CCc1nc(OCC(=O)N(C)C2CCN(C(=O)N3CCCCC3)CC2)nc(C)c1N. The maximum atomic E-state index is 12.7. The molecule has 166 valence electrons. The molecule has 3 amide bonds. The first-order valence-corrected chi connectivity index (χ1v) is 11.0. The molecule has 0 atom stereocenters. The Morgan fingerprint density at radius 1 is 1.10 bits per heavy atom. The summed E-state index contributed by atoms with van der Waals surface area (Å²) in [6.45, 7) is 6.73. The molecule has 0 aliphatic carbocycles. The lowest BCUT2D eigenvalue weighted by molar-refractivity contribution is -0.135. The Labute approximate surface area is 178 Å². The van der Waals surface area contributed by atoms with Gasteiger partial charge in [0, 0.05) is 39.3 Å². The average molecular weight is 419 g/mol. The van der Waals surface area contributed by atoms with Crippen molar-refractivity contribution in [1.29, 1.82) is 0 Å². The first-order chi connectivity index (χ1) is 14.4. The second-order valence-electron chi connectivity index (χ2n) is 8.15. The summed E-state index contributed by atoms with van der Waals surface area (Å²) in [5, 5.41) is 0. The van der Waals surface area contributed by atoms with Gasteiger partial charge in [0.25, 0.3) is 5.91 Å². The highest BCUT2D eigenvalue weighted by molar-refractivity contribution is 5.78. The monoisotopic (exact) mass is 418 g/mol. The number of nitrogens with zero attached hydrogens (tertiary/aromatic N) is 5. The number of rotatable bonds is 5. The molecule has 30 heavy (non-hydrogen) atoms. The van der Waals surface area contributed by atoms with Gasteiger partial charge in [0.15, 0.2) is 6.61 Å². The van der Waals surface area contributed by atoms with Crippen LogP contribution < -0.4 is 10.5 Å². The van der Waals surface area contributed by atoms with E-state index in [4.69, 9.17) is 10.5 Å². The van der Waals surface area contributed by atoms with Crippen LogP contribution in [-0.2, 0) is 11.2 Å². The topological polar surface area (TPSA) is 105 Å². The van der Waals surface area contributed by atoms with E-state index in [0.29, 0.717) is 30.9 Å². The van der Waals surface area contributed by atoms with Crippen LogP contribution in [-0.4, -0.2) is 82.5 Å². The molecule has 0 spiro atoms. The first kappa shape index (κ1) is 22.1. The Bertz CT molecular complexity index is 757. The number of nitrogen functional groups attached to an aromatic ring is 1. The molecule has 9 nitrogen and oxygen atoms in total. The maximum absolute atomic E-state index is 12.7. The Hall–Kier alpha value is -2.58. The number of nitrogens with two attached hydrogens (primary N) is 1. The highest BCUT2D eigenvalue weighted by Gasteiger charge is 2.30. The lowest BCUT2D eigenvalue weighted by atomic mass is 10.0. The van der Waals surface area contributed by atoms with Gasteiger partial charge in [-0.2, -0.15) is 9.97 Å². The number of carbonyl (C=O) groups excluding carboxylic acids is 2. The minimum absolute atomic E-state index is 0.104. The van der Waals surface area contributed by atoms with Gasteiger partial charge >= 0.3 is 12.0 Å². The molecular formula is C21H34N6O3. The Morgan fingerprint density at radius 2 is 1.73 bits per heavy atom. The average Bonchev–Trinajstić information content (AvgIpc) is 2.79. The second kappa shape index (κ2) is 9.95. The van der Waals surface area contributed by atoms with Crippen molar-refractivity contribution in [2.45, 2.75) is 58.4 Å². The number of piperidine rings is 2. The van der Waals surface area contributed by atoms with Crippen LogP contribution in [0.15, 0.2) is 0 Å². The summed E-state index contributed by atoms with van der Waals surface area (Å²) in [4.78, 5) is 39.4. The molecule has 0 bridgehead atoms. The molecule has 0 radical (unpaired) electrons. The van der Waals surface area contributed by atoms with E-state index < -0.39 is 0 Å². The number of anilines is 1. The molecule has 3 heterocycles. The highest BCUT2D eigenvalue weighted by atomic mass is 16.5. The zero-order valence-electron chi connectivity index (χ0n) is 18.4. The fourth-order valence-electron chi connectivity index (χ4n) is 4.11. The third-order valence-corrected chi connectivity index (χ3v) is 6.16. The summed E-state index contributed by atoms with van der Waals surface area (Å²) >= 11 is 0. The van der Waals surface area contributed by atoms with Gasteiger partial charge in [-0.1, -0.05) is 6.92 Å². The normalized spacial score (nSPS) is 17.7. The van der Waals surface area contributed by atoms with Gasteiger partial charge in [0.1, 0.15) is 0 Å². The van der Waals surface area contributed by atoms with Crippen molar-refractivity contribution in [3.05, 3.63) is 11.4 Å². The van der Waals surface area contributed by atoms with E-state index >= 15 is 0 Å². The van der Waals surface area contributed by atoms with E-state index in [9.17, 15) is 9.59 Å². The molecule has 0 aromatic carbocycles. The lowest BCUT2D eigenvalue weighted by Crippen LogP contribution is -2.52. The van der Waals surface area contributed by atoms with Crippen molar-refractivity contribution in [2.24, 2.45) is 0 Å². The summed E-state index contributed by atoms with van der Waals surface area (Å²) < 4.78 is 5.56. The molecule has 0 saturated carbocycles. The number of likely N-dealkylation sites (tertiary alicyclic amines) is 2. The number of hydrogen-bond acceptors (Lipinski definition) is 6. The van der Waals surface area contributed by atoms with Gasteiger partial charge in [-0.25, -0.2) is 4.79 Å². The van der Waals surface area contributed by atoms with E-state index in [0.717, 1.165) is 44.5 Å². The minimum Gasteiger partial charge on any atom is -0.453 e. The molecule has 2 saturated heterocycles. The highest BCUT2D eigenvalue weighted by Crippen LogP contribution is 2.20. The number of amides is 3. The van der Waals surface area contributed by atoms with Crippen LogP contribution in [0.1, 0.15) is 50.4 Å². The molecule has 2 N–H and O–H groups in total. The Morgan fingerprint density at radius 3 is 2.37 bits per heavy atom. The third-order valence-electron chi connectivity index (χ3n) is 6.16. The molecule has 1 aromatic heterocycles. The fourth-order valence-corrected chi connectivity index (χ4v) is 4.11. The number of ether oxygens (including phenoxy) is 1. The van der Waals surface area contributed by atoms with Crippen molar-refractivity contribution in [1.82, 2.24) is 24.7 Å². The van der Waals surface area contributed by atoms with Crippen LogP contribution in [0, 0.1) is 6.92 Å². The smallest absolute Gasteiger partial charge is 0.319 e. The van der Waals surface area contributed by atoms with E-state index in [-0.39, 0.29) is 30.6 Å². The summed E-state index contributed by atoms with van der Waals surface area (Å²) in [7, 11) is 1.80. The Balaban J connectivity index is 1.47. The second-order valence-corrected chi connectivity index (χ2v) is 8.15. The minimum atomic E-state index is -0.119. The molecule has 0 unspecified atom stereocenters. The number of carbonyl (C=O) groups is 2. The molecular weight excluding hydrogens is 384 g/mol. The molecule has 1 aromatic rings. The fraction of sp³-hybridized carbons (Fsp3) is 0.714. The van der Waals surface area contributed by atoms with Gasteiger partial charge in [-0.15, -0.1) is 0 Å². The number of hydrogen-bond donors (Lipinski definition) is 1. The van der Waals surface area contributed by atoms with E-state index in [1.807, 2.05) is 16.7 Å². The molecule has 2 aliphatic heterocycles. The van der Waals surface area contributed by atoms with Gasteiger partial charge in [-0.3, -0.25) is 4.79 Å². The summed E-state index contributed by atoms with van der Waals surface area (Å²) in [5.74, 6) is -0.119. The van der Waals surface area contributed by atoms with Crippen molar-refractivity contribution >= 4 is 17.6 Å². The van der Waals surface area contributed by atoms with Crippen molar-refractivity contribution in [3.63, 3.8) is 0 Å². The molecule has 2 fully saturated rings. The predicted molar refractivity (Wildman–Crippen MR) is 114 cm³/mol. The van der Waals surface area contributed by atoms with E-state index in [2.05, 4.69) is 9.97 Å². The van der Waals surface area contributed by atoms with Crippen LogP contribution in [0.2, 0.25) is 0 Å². The van der Waals surface area contributed by atoms with Crippen LogP contribution in [0.25, 0.3) is 0 Å². The van der Waals surface area contributed by atoms with Crippen molar-refractivity contribution in [3.8, 4) is 6.01 Å². The standard InChI is InChI=1S/C21H34N6O3/c1-4-17-19(22)15(2)23-20(24-17)30-14-18(28)25(3)16-8-12-27(13-9-16)21(29)26-10-6-5-7-11-26/h16H,4-14,22H2,1-3H3. The first-order valence-electron chi connectivity index (χ1n) is 11.0. The number of aryl methyl sites for hydroxylation is 2. The quantitative estimate of drug-likeness (QED) is 0.782. The van der Waals surface area contributed by atoms with Crippen molar-refractivity contribution in [2.75, 3.05) is 45.6 Å². The van der Waals surface area contributed by atoms with Crippen LogP contribution in [0.3, 0.4) is 0 Å². The van der Waals surface area contributed by atoms with Crippen LogP contribution >= 0.6 is 0 Å². The largest absolute Gasteiger partial charge is 0.453 e. The zero-order chi connectivity index (χ0) is 21.7. The molecule has 9 heteroatoms. The number of aromatic nitrogens is 2. The van der Waals surface area contributed by atoms with E-state index in [1.54, 1.807) is 18.9 Å². The summed E-state index contributed by atoms with van der Waals surface area (Å²) in [6, 6.07) is 0.432. The number of urea groups is 1. The Kier molecular flexibility index (Phi) is 7.33. The zero-order valence-corrected chi connectivity index (χ0v) is 18.4. The van der Waals surface area contributed by atoms with Crippen LogP contribution in [0.4, 0.5) is 10.5 Å². The lowest BCUT2D eigenvalue weighted by Gasteiger charge is -2.39. The van der Waals surface area contributed by atoms with Gasteiger partial charge in [0.2, 0.25) is 0 Å². The number of likely N-dealkylation sites (N-methyl/N-ethyl adjacent to an activating group) is 1. The van der Waals surface area contributed by atoms with Gasteiger partial charge in [-0.05, 0) is 45.4 Å². The van der Waals surface area contributed by atoms with Crippen molar-refractivity contribution < 1.29 is 14.3 Å². The summed E-state index contributed by atoms with van der Waals surface area (Å²) in [6.07, 6.45) is 5.63. The predicted octanol–water partition coefficient (Wildman–Crippen LogP) is 1.84. The molecule has 3 rings (SSSR count). The third kappa shape index (κ3) is 5.12. The molecule has 2 aliphatic rings. The van der Waals surface area contributed by atoms with E-state index in [1.165, 1.54) is 6.42 Å². The van der Waals surface area contributed by atoms with Crippen LogP contribution in [0.5, 0.6) is 6.01 Å². The maximum Gasteiger partial charge on any atom is 0.319 e.